The molecule has 24 heavy (non-hydrogen) atoms. The van der Waals surface area contributed by atoms with Crippen LogP contribution in [-0.4, -0.2) is 29.9 Å². The number of carbonyl (C=O) groups is 1. The smallest absolute Gasteiger partial charge is 0.321 e. The Kier molecular flexibility index (Phi) is 5.17. The number of anilines is 1. The van der Waals surface area contributed by atoms with Gasteiger partial charge in [0.05, 0.1) is 0 Å². The first-order chi connectivity index (χ1) is 10.7. The number of halogens is 9. The summed E-state index contributed by atoms with van der Waals surface area (Å²) in [5, 5.41) is 1.22. The first-order valence-corrected chi connectivity index (χ1v) is 6.29. The molecule has 136 valence electrons. The first kappa shape index (κ1) is 20.1. The molecule has 0 spiro atoms. The van der Waals surface area contributed by atoms with Gasteiger partial charge in [-0.2, -0.15) is 39.5 Å². The molecule has 1 rings (SSSR count). The van der Waals surface area contributed by atoms with E-state index < -0.39 is 35.5 Å². The molecule has 1 N–H and O–H groups in total. The largest absolute Gasteiger partial charge is 0.460 e. The lowest BCUT2D eigenvalue weighted by Crippen LogP contribution is -2.64. The Bertz CT molecular complexity index is 610. The van der Waals surface area contributed by atoms with Gasteiger partial charge < -0.3 is 5.32 Å². The maximum absolute atomic E-state index is 13.3. The van der Waals surface area contributed by atoms with Crippen LogP contribution in [0, 0.1) is 0 Å². The molecule has 1 aromatic rings. The van der Waals surface area contributed by atoms with E-state index in [9.17, 15) is 44.3 Å². The van der Waals surface area contributed by atoms with Gasteiger partial charge in [-0.1, -0.05) is 19.1 Å². The molecule has 0 heterocycles. The van der Waals surface area contributed by atoms with Gasteiger partial charge in [-0.05, 0) is 24.1 Å². The molecule has 11 heteroatoms. The van der Waals surface area contributed by atoms with Crippen LogP contribution in [0.3, 0.4) is 0 Å². The predicted molar refractivity (Wildman–Crippen MR) is 65.3 cm³/mol. The normalized spacial score (nSPS) is 13.8. The lowest BCUT2D eigenvalue weighted by atomic mass is 10.0. The number of amides is 1. The van der Waals surface area contributed by atoms with E-state index in [-0.39, 0.29) is 0 Å². The lowest BCUT2D eigenvalue weighted by molar-refractivity contribution is -0.388. The van der Waals surface area contributed by atoms with E-state index in [0.717, 1.165) is 12.1 Å². The number of hydrogen-bond acceptors (Lipinski definition) is 1. The SMILES string of the molecule is CCc1cccc(NC(=O)C(F)(F)C(F)(F)C(F)(F)C(F)(F)F)c1. The zero-order valence-electron chi connectivity index (χ0n) is 11.8. The molecule has 0 unspecified atom stereocenters. The second-order valence-corrected chi connectivity index (χ2v) is 4.73. The molecule has 0 bridgehead atoms. The van der Waals surface area contributed by atoms with Crippen molar-refractivity contribution in [2.75, 3.05) is 5.32 Å². The number of aryl methyl sites for hydroxylation is 1. The zero-order chi connectivity index (χ0) is 19.0. The van der Waals surface area contributed by atoms with Crippen LogP contribution < -0.4 is 5.32 Å². The molecule has 0 aliphatic rings. The van der Waals surface area contributed by atoms with Crippen LogP contribution in [0.2, 0.25) is 0 Å². The van der Waals surface area contributed by atoms with Crippen LogP contribution in [0.25, 0.3) is 0 Å². The van der Waals surface area contributed by atoms with Crippen molar-refractivity contribution in [3.8, 4) is 0 Å². The summed E-state index contributed by atoms with van der Waals surface area (Å²) in [6.07, 6.45) is -6.61. The van der Waals surface area contributed by atoms with Gasteiger partial charge in [-0.3, -0.25) is 4.79 Å². The average Bonchev–Trinajstić information content (AvgIpc) is 2.45. The Morgan fingerprint density at radius 1 is 0.958 bits per heavy atom. The fourth-order valence-electron chi connectivity index (χ4n) is 1.60. The highest BCUT2D eigenvalue weighted by Gasteiger charge is 2.83. The third-order valence-corrected chi connectivity index (χ3v) is 3.02. The number of nitrogens with one attached hydrogen (secondary N) is 1. The fraction of sp³-hybridized carbons (Fsp3) is 0.462. The molecule has 2 nitrogen and oxygen atoms in total. The van der Waals surface area contributed by atoms with Crippen LogP contribution in [0.15, 0.2) is 24.3 Å². The molecule has 0 aromatic heterocycles. The highest BCUT2D eigenvalue weighted by Crippen LogP contribution is 2.53. The van der Waals surface area contributed by atoms with E-state index in [1.165, 1.54) is 17.4 Å². The zero-order valence-corrected chi connectivity index (χ0v) is 11.8. The van der Waals surface area contributed by atoms with Gasteiger partial charge in [0.25, 0.3) is 0 Å². The summed E-state index contributed by atoms with van der Waals surface area (Å²) in [7, 11) is 0. The van der Waals surface area contributed by atoms with E-state index in [4.69, 9.17) is 0 Å². The molecule has 0 saturated heterocycles. The third kappa shape index (κ3) is 3.29. The van der Waals surface area contributed by atoms with E-state index >= 15 is 0 Å². The maximum atomic E-state index is 13.3. The van der Waals surface area contributed by atoms with Crippen molar-refractivity contribution in [2.45, 2.75) is 37.3 Å². The van der Waals surface area contributed by atoms with Gasteiger partial charge in [0.2, 0.25) is 0 Å². The number of benzene rings is 1. The minimum absolute atomic E-state index is 0.363. The highest BCUT2D eigenvalue weighted by molar-refractivity contribution is 5.97. The van der Waals surface area contributed by atoms with E-state index in [1.807, 2.05) is 0 Å². The topological polar surface area (TPSA) is 29.1 Å². The molecular formula is C13H10F9NO. The van der Waals surface area contributed by atoms with Crippen molar-refractivity contribution in [3.05, 3.63) is 29.8 Å². The number of hydrogen-bond donors (Lipinski definition) is 1. The quantitative estimate of drug-likeness (QED) is 0.754. The van der Waals surface area contributed by atoms with E-state index in [1.54, 1.807) is 6.92 Å². The molecule has 0 saturated carbocycles. The monoisotopic (exact) mass is 367 g/mol. The van der Waals surface area contributed by atoms with Crippen molar-refractivity contribution >= 4 is 11.6 Å². The summed E-state index contributed by atoms with van der Waals surface area (Å²) in [5.41, 5.74) is 0.0219. The van der Waals surface area contributed by atoms with Gasteiger partial charge >= 0.3 is 29.9 Å². The lowest BCUT2D eigenvalue weighted by Gasteiger charge is -2.32. The Labute approximate surface area is 129 Å². The Morgan fingerprint density at radius 2 is 1.50 bits per heavy atom. The second-order valence-electron chi connectivity index (χ2n) is 4.73. The van der Waals surface area contributed by atoms with Gasteiger partial charge in [0, 0.05) is 5.69 Å². The summed E-state index contributed by atoms with van der Waals surface area (Å²) in [6, 6.07) is 4.79. The van der Waals surface area contributed by atoms with Crippen molar-refractivity contribution in [2.24, 2.45) is 0 Å². The van der Waals surface area contributed by atoms with Crippen molar-refractivity contribution in [1.82, 2.24) is 0 Å². The minimum atomic E-state index is -7.11. The van der Waals surface area contributed by atoms with Crippen molar-refractivity contribution < 1.29 is 44.3 Å². The van der Waals surface area contributed by atoms with Crippen LogP contribution in [-0.2, 0) is 11.2 Å². The summed E-state index contributed by atoms with van der Waals surface area (Å²) in [4.78, 5) is 11.2. The number of rotatable bonds is 5. The highest BCUT2D eigenvalue weighted by atomic mass is 19.4. The molecular weight excluding hydrogens is 357 g/mol. The first-order valence-electron chi connectivity index (χ1n) is 6.29. The van der Waals surface area contributed by atoms with Crippen LogP contribution in [0.4, 0.5) is 45.2 Å². The van der Waals surface area contributed by atoms with Crippen LogP contribution in [0.1, 0.15) is 12.5 Å². The molecule has 0 radical (unpaired) electrons. The Balaban J connectivity index is 3.15. The van der Waals surface area contributed by atoms with Crippen LogP contribution >= 0.6 is 0 Å². The van der Waals surface area contributed by atoms with E-state index in [2.05, 4.69) is 0 Å². The minimum Gasteiger partial charge on any atom is -0.321 e. The number of carbonyl (C=O) groups excluding carboxylic acids is 1. The van der Waals surface area contributed by atoms with Crippen LogP contribution in [0.5, 0.6) is 0 Å². The summed E-state index contributed by atoms with van der Waals surface area (Å²) in [6.45, 7) is 1.63. The predicted octanol–water partition coefficient (Wildman–Crippen LogP) is 4.66. The van der Waals surface area contributed by atoms with Gasteiger partial charge in [-0.25, -0.2) is 0 Å². The van der Waals surface area contributed by atoms with Crippen molar-refractivity contribution in [3.63, 3.8) is 0 Å². The Hall–Kier alpha value is -1.94. The molecule has 0 aliphatic carbocycles. The third-order valence-electron chi connectivity index (χ3n) is 3.02. The fourth-order valence-corrected chi connectivity index (χ4v) is 1.60. The number of alkyl halides is 9. The molecule has 0 atom stereocenters. The second kappa shape index (κ2) is 6.17. The van der Waals surface area contributed by atoms with Gasteiger partial charge in [0.15, 0.2) is 0 Å². The van der Waals surface area contributed by atoms with Gasteiger partial charge in [-0.15, -0.1) is 0 Å². The summed E-state index contributed by atoms with van der Waals surface area (Å²) in [5.74, 6) is -23.4. The molecule has 1 aromatic carbocycles. The molecule has 0 aliphatic heterocycles. The van der Waals surface area contributed by atoms with E-state index in [0.29, 0.717) is 12.0 Å². The van der Waals surface area contributed by atoms with Gasteiger partial charge in [0.1, 0.15) is 0 Å². The molecule has 0 fully saturated rings. The van der Waals surface area contributed by atoms with Crippen molar-refractivity contribution in [1.29, 1.82) is 0 Å². The Morgan fingerprint density at radius 3 is 1.96 bits per heavy atom. The summed E-state index contributed by atoms with van der Waals surface area (Å²) >= 11 is 0. The maximum Gasteiger partial charge on any atom is 0.460 e. The standard InChI is InChI=1S/C13H10F9NO/c1-2-7-4-3-5-8(6-7)23-9(24)10(14,15)11(16,17)12(18,19)13(20,21)22/h3-6H,2H2,1H3,(H,23,24). The summed E-state index contributed by atoms with van der Waals surface area (Å²) < 4.78 is 114. The average molecular weight is 367 g/mol. The molecule has 1 amide bonds.